The minimum atomic E-state index is 0.0113. The second-order valence-electron chi connectivity index (χ2n) is 4.40. The van der Waals surface area contributed by atoms with Crippen LogP contribution < -0.4 is 5.32 Å². The maximum absolute atomic E-state index is 5.64. The summed E-state index contributed by atoms with van der Waals surface area (Å²) < 4.78 is 5.64. The average Bonchev–Trinajstić information content (AvgIpc) is 2.36. The first-order chi connectivity index (χ1) is 8.63. The van der Waals surface area contributed by atoms with Gasteiger partial charge >= 0.3 is 0 Å². The highest BCUT2D eigenvalue weighted by molar-refractivity contribution is 5.20. The number of hydrogen-bond donors (Lipinski definition) is 1. The lowest BCUT2D eigenvalue weighted by Gasteiger charge is -2.18. The van der Waals surface area contributed by atoms with E-state index in [-0.39, 0.29) is 12.1 Å². The van der Waals surface area contributed by atoms with Gasteiger partial charge in [0.25, 0.3) is 0 Å². The van der Waals surface area contributed by atoms with Crippen molar-refractivity contribution in [2.24, 2.45) is 0 Å². The molecule has 1 N–H and O–H groups in total. The highest BCUT2D eigenvalue weighted by Gasteiger charge is 2.15. The highest BCUT2D eigenvalue weighted by Crippen LogP contribution is 2.20. The Hall–Kier alpha value is -1.00. The van der Waals surface area contributed by atoms with Crippen LogP contribution in [0.5, 0.6) is 0 Å². The van der Waals surface area contributed by atoms with Crippen LogP contribution in [0.2, 0.25) is 0 Å². The summed E-state index contributed by atoms with van der Waals surface area (Å²) in [5.74, 6) is 0.796. The third kappa shape index (κ3) is 3.75. The molecule has 2 unspecified atom stereocenters. The summed E-state index contributed by atoms with van der Waals surface area (Å²) in [7, 11) is 0. The van der Waals surface area contributed by atoms with E-state index >= 15 is 0 Å². The Morgan fingerprint density at radius 1 is 1.33 bits per heavy atom. The van der Waals surface area contributed by atoms with Crippen LogP contribution in [0, 0.1) is 6.92 Å². The van der Waals surface area contributed by atoms with Crippen molar-refractivity contribution >= 4 is 0 Å². The number of aryl methyl sites for hydroxylation is 1. The van der Waals surface area contributed by atoms with Crippen LogP contribution in [0.3, 0.4) is 0 Å². The first-order valence-corrected chi connectivity index (χ1v) is 6.82. The summed E-state index contributed by atoms with van der Waals surface area (Å²) in [4.78, 5) is 9.05. The third-order valence-electron chi connectivity index (χ3n) is 3.04. The number of nitrogens with zero attached hydrogens (tertiary/aromatic N) is 2. The topological polar surface area (TPSA) is 47.0 Å². The van der Waals surface area contributed by atoms with E-state index < -0.39 is 0 Å². The summed E-state index contributed by atoms with van der Waals surface area (Å²) in [6.07, 6.45) is 2.83. The fourth-order valence-electron chi connectivity index (χ4n) is 2.07. The van der Waals surface area contributed by atoms with Crippen molar-refractivity contribution in [2.75, 3.05) is 13.2 Å². The zero-order chi connectivity index (χ0) is 13.5. The number of nitrogens with one attached hydrogen (secondary N) is 1. The number of aromatic nitrogens is 2. The lowest BCUT2D eigenvalue weighted by atomic mass is 10.1. The molecule has 4 nitrogen and oxygen atoms in total. The normalized spacial score (nSPS) is 14.5. The van der Waals surface area contributed by atoms with Crippen LogP contribution in [-0.2, 0) is 4.74 Å². The number of hydrogen-bond acceptors (Lipinski definition) is 4. The second-order valence-corrected chi connectivity index (χ2v) is 4.40. The number of rotatable bonds is 7. The van der Waals surface area contributed by atoms with Gasteiger partial charge in [0, 0.05) is 30.1 Å². The van der Waals surface area contributed by atoms with Crippen LogP contribution >= 0.6 is 0 Å². The first kappa shape index (κ1) is 15.1. The summed E-state index contributed by atoms with van der Waals surface area (Å²) in [6, 6.07) is 0.288. The maximum atomic E-state index is 5.64. The largest absolute Gasteiger partial charge is 0.371 e. The molecular weight excluding hydrogens is 226 g/mol. The van der Waals surface area contributed by atoms with Crippen molar-refractivity contribution in [3.8, 4) is 0 Å². The summed E-state index contributed by atoms with van der Waals surface area (Å²) >= 11 is 0. The van der Waals surface area contributed by atoms with Gasteiger partial charge in [-0.1, -0.05) is 13.8 Å². The van der Waals surface area contributed by atoms with E-state index in [2.05, 4.69) is 36.1 Å². The van der Waals surface area contributed by atoms with Gasteiger partial charge in [0.05, 0.1) is 0 Å². The molecule has 0 aliphatic heterocycles. The van der Waals surface area contributed by atoms with Gasteiger partial charge in [-0.25, -0.2) is 9.97 Å². The molecule has 0 aliphatic rings. The minimum absolute atomic E-state index is 0.0113. The smallest absolute Gasteiger partial charge is 0.157 e. The molecule has 1 rings (SSSR count). The second kappa shape index (κ2) is 7.44. The van der Waals surface area contributed by atoms with Crippen molar-refractivity contribution in [3.05, 3.63) is 23.3 Å². The van der Waals surface area contributed by atoms with Crippen molar-refractivity contribution < 1.29 is 4.74 Å². The molecule has 4 heteroatoms. The molecule has 1 aromatic heterocycles. The molecule has 0 bridgehead atoms. The van der Waals surface area contributed by atoms with E-state index in [0.29, 0.717) is 6.61 Å². The first-order valence-electron chi connectivity index (χ1n) is 6.82. The highest BCUT2D eigenvalue weighted by atomic mass is 16.5. The zero-order valence-electron chi connectivity index (χ0n) is 12.2. The van der Waals surface area contributed by atoms with Gasteiger partial charge in [0.15, 0.2) is 5.82 Å². The Morgan fingerprint density at radius 3 is 2.56 bits per heavy atom. The quantitative estimate of drug-likeness (QED) is 0.809. The summed E-state index contributed by atoms with van der Waals surface area (Å²) in [5.41, 5.74) is 2.19. The maximum Gasteiger partial charge on any atom is 0.157 e. The molecule has 0 fully saturated rings. The molecule has 0 aliphatic carbocycles. The monoisotopic (exact) mass is 251 g/mol. The molecule has 102 valence electrons. The molecule has 2 atom stereocenters. The van der Waals surface area contributed by atoms with Gasteiger partial charge in [0.2, 0.25) is 0 Å². The van der Waals surface area contributed by atoms with Gasteiger partial charge in [-0.05, 0) is 33.7 Å². The van der Waals surface area contributed by atoms with Crippen LogP contribution in [0.4, 0.5) is 0 Å². The number of ether oxygens (including phenoxy) is 1. The molecule has 0 spiro atoms. The van der Waals surface area contributed by atoms with Gasteiger partial charge in [-0.2, -0.15) is 0 Å². The Kier molecular flexibility index (Phi) is 6.22. The van der Waals surface area contributed by atoms with Crippen LogP contribution in [0.25, 0.3) is 0 Å². The summed E-state index contributed by atoms with van der Waals surface area (Å²) in [5, 5.41) is 3.38. The van der Waals surface area contributed by atoms with Crippen LogP contribution in [0.1, 0.15) is 63.3 Å². The molecule has 0 saturated heterocycles. The Morgan fingerprint density at radius 2 is 2.06 bits per heavy atom. The molecule has 0 radical (unpaired) electrons. The van der Waals surface area contributed by atoms with Crippen LogP contribution in [-0.4, -0.2) is 23.1 Å². The minimum Gasteiger partial charge on any atom is -0.371 e. The van der Waals surface area contributed by atoms with Gasteiger partial charge in [-0.15, -0.1) is 0 Å². The molecule has 18 heavy (non-hydrogen) atoms. The molecule has 0 amide bonds. The lowest BCUT2D eigenvalue weighted by Crippen LogP contribution is -2.20. The Labute approximate surface area is 110 Å². The molecule has 0 aromatic carbocycles. The van der Waals surface area contributed by atoms with Crippen molar-refractivity contribution in [1.82, 2.24) is 15.3 Å². The fraction of sp³-hybridized carbons (Fsp3) is 0.714. The fourth-order valence-corrected chi connectivity index (χ4v) is 2.07. The van der Waals surface area contributed by atoms with E-state index in [1.807, 2.05) is 20.0 Å². The summed E-state index contributed by atoms with van der Waals surface area (Å²) in [6.45, 7) is 12.0. The molecule has 1 heterocycles. The zero-order valence-corrected chi connectivity index (χ0v) is 12.2. The van der Waals surface area contributed by atoms with E-state index in [0.717, 1.165) is 30.0 Å². The lowest BCUT2D eigenvalue weighted by molar-refractivity contribution is 0.0533. The molecular formula is C14H25N3O. The van der Waals surface area contributed by atoms with Crippen molar-refractivity contribution in [2.45, 2.75) is 53.2 Å². The van der Waals surface area contributed by atoms with E-state index in [4.69, 9.17) is 4.74 Å². The van der Waals surface area contributed by atoms with E-state index in [9.17, 15) is 0 Å². The van der Waals surface area contributed by atoms with Gasteiger partial charge in [-0.3, -0.25) is 0 Å². The predicted octanol–water partition coefficient (Wildman–Crippen LogP) is 2.94. The van der Waals surface area contributed by atoms with Crippen LogP contribution in [0.15, 0.2) is 6.20 Å². The third-order valence-corrected chi connectivity index (χ3v) is 3.04. The van der Waals surface area contributed by atoms with Gasteiger partial charge in [0.1, 0.15) is 6.10 Å². The molecule has 0 saturated carbocycles. The van der Waals surface area contributed by atoms with Crippen molar-refractivity contribution in [1.29, 1.82) is 0 Å². The molecule has 1 aromatic rings. The average molecular weight is 251 g/mol. The van der Waals surface area contributed by atoms with E-state index in [1.165, 1.54) is 0 Å². The SMILES string of the molecule is CCNC(C)c1cnc(C(CC)OCC)nc1C. The van der Waals surface area contributed by atoms with Crippen molar-refractivity contribution in [3.63, 3.8) is 0 Å². The Balaban J connectivity index is 2.90. The predicted molar refractivity (Wildman–Crippen MR) is 73.5 cm³/mol. The van der Waals surface area contributed by atoms with E-state index in [1.54, 1.807) is 0 Å². The standard InChI is InChI=1S/C14H25N3O/c1-6-13(18-8-3)14-16-9-12(11(5)17-14)10(4)15-7-2/h9-10,13,15H,6-8H2,1-5H3. The Bertz CT molecular complexity index is 368. The van der Waals surface area contributed by atoms with Gasteiger partial charge < -0.3 is 10.1 Å².